The van der Waals surface area contributed by atoms with E-state index in [0.29, 0.717) is 5.56 Å². The van der Waals surface area contributed by atoms with E-state index in [1.807, 2.05) is 0 Å². The molecule has 2 rings (SSSR count). The zero-order chi connectivity index (χ0) is 14.2. The molecule has 1 fully saturated rings. The molecule has 4 N–H and O–H groups in total. The van der Waals surface area contributed by atoms with Crippen LogP contribution in [-0.4, -0.2) is 51.3 Å². The molecule has 0 amide bonds. The monoisotopic (exact) mass is 276 g/mol. The third-order valence-corrected chi connectivity index (χ3v) is 3.33. The summed E-state index contributed by atoms with van der Waals surface area (Å²) in [6, 6.07) is 4.49. The minimum atomic E-state index is -1.31. The van der Waals surface area contributed by atoms with Crippen LogP contribution in [0.25, 0.3) is 0 Å². The molecule has 0 aliphatic carbocycles. The fraction of sp³-hybridized carbons (Fsp3) is 0.462. The minimum Gasteiger partial charge on any atom is -1.00 e. The predicted octanol–water partition coefficient (Wildman–Crippen LogP) is -3.04. The van der Waals surface area contributed by atoms with Gasteiger partial charge in [0.05, 0.1) is 12.2 Å². The van der Waals surface area contributed by atoms with Crippen LogP contribution in [0, 0.1) is 6.92 Å². The van der Waals surface area contributed by atoms with E-state index >= 15 is 0 Å². The molecule has 0 bridgehead atoms. The van der Waals surface area contributed by atoms with Gasteiger partial charge in [0, 0.05) is 0 Å². The average Bonchev–Trinajstić information content (AvgIpc) is 2.37. The Balaban J connectivity index is 0.00000200. The van der Waals surface area contributed by atoms with E-state index in [1.54, 1.807) is 13.0 Å². The second kappa shape index (κ2) is 6.72. The predicted molar refractivity (Wildman–Crippen MR) is 66.0 cm³/mol. The fourth-order valence-corrected chi connectivity index (χ4v) is 2.16. The zero-order valence-corrected chi connectivity index (χ0v) is 11.4. The van der Waals surface area contributed by atoms with Crippen LogP contribution in [0.15, 0.2) is 18.2 Å². The Bertz CT molecular complexity index is 498. The first-order valence-corrected chi connectivity index (χ1v) is 5.91. The molecule has 20 heavy (non-hydrogen) atoms. The van der Waals surface area contributed by atoms with Crippen molar-refractivity contribution in [2.45, 2.75) is 31.3 Å². The Morgan fingerprint density at radius 2 is 1.95 bits per heavy atom. The summed E-state index contributed by atoms with van der Waals surface area (Å²) in [5, 5.41) is 37.9. The van der Waals surface area contributed by atoms with Crippen molar-refractivity contribution in [2.24, 2.45) is 0 Å². The molecule has 0 aromatic heterocycles. The summed E-state index contributed by atoms with van der Waals surface area (Å²) in [5.74, 6) is -1.08. The fourth-order valence-electron chi connectivity index (χ4n) is 2.16. The molecule has 0 saturated carbocycles. The summed E-state index contributed by atoms with van der Waals surface area (Å²) in [4.78, 5) is 11.0. The molecule has 0 unspecified atom stereocenters. The van der Waals surface area contributed by atoms with Crippen LogP contribution in [0.5, 0.6) is 0 Å². The maximum Gasteiger partial charge on any atom is 1.00 e. The number of aromatic carboxylic acids is 1. The number of benzene rings is 1. The van der Waals surface area contributed by atoms with Gasteiger partial charge in [0.2, 0.25) is 0 Å². The number of carbonyl (C=O) groups is 1. The van der Waals surface area contributed by atoms with Crippen LogP contribution in [0.3, 0.4) is 0 Å². The molecule has 1 aliphatic rings. The Labute approximate surface area is 129 Å². The molecule has 0 radical (unpaired) electrons. The van der Waals surface area contributed by atoms with Crippen molar-refractivity contribution in [3.63, 3.8) is 0 Å². The largest absolute Gasteiger partial charge is 1.00 e. The smallest absolute Gasteiger partial charge is 1.00 e. The number of carboxylic acid groups (broad SMARTS) is 1. The van der Waals surface area contributed by atoms with Gasteiger partial charge in [-0.2, -0.15) is 0 Å². The third kappa shape index (κ3) is 3.23. The summed E-state index contributed by atoms with van der Waals surface area (Å²) >= 11 is 0. The van der Waals surface area contributed by atoms with Crippen molar-refractivity contribution < 1.29 is 50.2 Å². The van der Waals surface area contributed by atoms with E-state index in [9.17, 15) is 20.1 Å². The topological polar surface area (TPSA) is 107 Å². The SMILES string of the molecule is Cc1ccc(C(=O)O)cc1[C@@H]1OC[C@@H](O)[C@H](O)[C@H]1O.[H-].[Li+]. The molecular formula is C13H17LiO6. The summed E-state index contributed by atoms with van der Waals surface area (Å²) in [6.07, 6.45) is -4.61. The van der Waals surface area contributed by atoms with E-state index in [4.69, 9.17) is 9.84 Å². The van der Waals surface area contributed by atoms with Crippen molar-refractivity contribution in [1.82, 2.24) is 0 Å². The summed E-state index contributed by atoms with van der Waals surface area (Å²) in [6.45, 7) is 1.65. The molecule has 1 aliphatic heterocycles. The van der Waals surface area contributed by atoms with E-state index in [-0.39, 0.29) is 32.5 Å². The average molecular weight is 276 g/mol. The normalized spacial score (nSPS) is 29.6. The maximum absolute atomic E-state index is 11.0. The number of aliphatic hydroxyl groups is 3. The molecule has 106 valence electrons. The Morgan fingerprint density at radius 1 is 1.30 bits per heavy atom. The van der Waals surface area contributed by atoms with Gasteiger partial charge in [-0.25, -0.2) is 4.79 Å². The molecule has 4 atom stereocenters. The van der Waals surface area contributed by atoms with E-state index < -0.39 is 30.4 Å². The molecule has 6 nitrogen and oxygen atoms in total. The van der Waals surface area contributed by atoms with Gasteiger partial charge in [0.1, 0.15) is 24.4 Å². The van der Waals surface area contributed by atoms with Gasteiger partial charge in [-0.3, -0.25) is 0 Å². The molecule has 1 aromatic rings. The Kier molecular flexibility index (Phi) is 5.77. The van der Waals surface area contributed by atoms with Crippen LogP contribution in [-0.2, 0) is 4.74 Å². The van der Waals surface area contributed by atoms with Gasteiger partial charge >= 0.3 is 24.8 Å². The zero-order valence-electron chi connectivity index (χ0n) is 12.4. The van der Waals surface area contributed by atoms with Crippen LogP contribution < -0.4 is 18.9 Å². The molecular weight excluding hydrogens is 259 g/mol. The van der Waals surface area contributed by atoms with Crippen molar-refractivity contribution in [3.05, 3.63) is 34.9 Å². The van der Waals surface area contributed by atoms with Gasteiger partial charge in [0.25, 0.3) is 0 Å². The molecule has 7 heteroatoms. The Morgan fingerprint density at radius 3 is 2.55 bits per heavy atom. The summed E-state index contributed by atoms with van der Waals surface area (Å²) in [7, 11) is 0. The number of aryl methyl sites for hydroxylation is 1. The van der Waals surface area contributed by atoms with Crippen LogP contribution >= 0.6 is 0 Å². The number of hydrogen-bond acceptors (Lipinski definition) is 5. The maximum atomic E-state index is 11.0. The van der Waals surface area contributed by atoms with E-state index in [2.05, 4.69) is 0 Å². The van der Waals surface area contributed by atoms with Crippen LogP contribution in [0.2, 0.25) is 0 Å². The van der Waals surface area contributed by atoms with Crippen molar-refractivity contribution in [2.75, 3.05) is 6.61 Å². The van der Waals surface area contributed by atoms with E-state index in [0.717, 1.165) is 5.56 Å². The molecule has 1 heterocycles. The first-order chi connectivity index (χ1) is 8.91. The van der Waals surface area contributed by atoms with Gasteiger partial charge in [-0.15, -0.1) is 0 Å². The molecule has 1 saturated heterocycles. The van der Waals surface area contributed by atoms with Crippen molar-refractivity contribution in [1.29, 1.82) is 0 Å². The quantitative estimate of drug-likeness (QED) is 0.428. The van der Waals surface area contributed by atoms with Crippen molar-refractivity contribution in [3.8, 4) is 0 Å². The van der Waals surface area contributed by atoms with Crippen LogP contribution in [0.4, 0.5) is 0 Å². The van der Waals surface area contributed by atoms with Crippen LogP contribution in [0.1, 0.15) is 29.0 Å². The number of aliphatic hydroxyl groups excluding tert-OH is 3. The second-order valence-corrected chi connectivity index (χ2v) is 4.68. The minimum absolute atomic E-state index is 0. The third-order valence-electron chi connectivity index (χ3n) is 3.33. The number of ether oxygens (including phenoxy) is 1. The van der Waals surface area contributed by atoms with Gasteiger partial charge in [0.15, 0.2) is 0 Å². The standard InChI is InChI=1S/C13H16O6.Li.H/c1-6-2-3-7(13(17)18)4-8(6)12-11(16)10(15)9(14)5-19-12;;/h2-4,9-12,14-16H,5H2,1H3,(H,17,18);;/q;+1;-1/t9-,10+,11-,12+;;/m1../s1. The van der Waals surface area contributed by atoms with Gasteiger partial charge in [-0.1, -0.05) is 6.07 Å². The van der Waals surface area contributed by atoms with E-state index in [1.165, 1.54) is 12.1 Å². The molecule has 0 spiro atoms. The second-order valence-electron chi connectivity index (χ2n) is 4.68. The summed E-state index contributed by atoms with van der Waals surface area (Å²) in [5.41, 5.74) is 1.33. The van der Waals surface area contributed by atoms with Gasteiger partial charge < -0.3 is 26.6 Å². The first kappa shape index (κ1) is 17.2. The first-order valence-electron chi connectivity index (χ1n) is 5.91. The number of carboxylic acids is 1. The van der Waals surface area contributed by atoms with Crippen molar-refractivity contribution >= 4 is 5.97 Å². The molecule has 1 aromatic carbocycles. The number of rotatable bonds is 2. The van der Waals surface area contributed by atoms with Gasteiger partial charge in [-0.05, 0) is 30.2 Å². The number of hydrogen-bond donors (Lipinski definition) is 4. The summed E-state index contributed by atoms with van der Waals surface area (Å²) < 4.78 is 5.32. The Hall–Kier alpha value is -0.873.